The Labute approximate surface area is 116 Å². The summed E-state index contributed by atoms with van der Waals surface area (Å²) in [6.45, 7) is 5.51. The lowest BCUT2D eigenvalue weighted by molar-refractivity contribution is 0.111. The number of methoxy groups -OCH3 is 1. The quantitative estimate of drug-likeness (QED) is 0.864. The molecule has 1 unspecified atom stereocenters. The van der Waals surface area contributed by atoms with Crippen LogP contribution in [0.5, 0.6) is 5.75 Å². The third-order valence-electron chi connectivity index (χ3n) is 3.85. The first-order chi connectivity index (χ1) is 9.24. The van der Waals surface area contributed by atoms with E-state index >= 15 is 0 Å². The highest BCUT2D eigenvalue weighted by molar-refractivity contribution is 5.31. The van der Waals surface area contributed by atoms with Crippen molar-refractivity contribution in [2.45, 2.75) is 6.04 Å². The maximum Gasteiger partial charge on any atom is 0.119 e. The zero-order valence-electron chi connectivity index (χ0n) is 12.2. The van der Waals surface area contributed by atoms with Crippen molar-refractivity contribution in [2.24, 2.45) is 0 Å². The second kappa shape index (κ2) is 6.89. The lowest BCUT2D eigenvalue weighted by Crippen LogP contribution is -2.47. The van der Waals surface area contributed by atoms with Crippen molar-refractivity contribution in [1.82, 2.24) is 15.1 Å². The molecule has 19 heavy (non-hydrogen) atoms. The first kappa shape index (κ1) is 14.3. The molecule has 1 aliphatic heterocycles. The van der Waals surface area contributed by atoms with Crippen LogP contribution in [0, 0.1) is 0 Å². The number of rotatable bonds is 5. The van der Waals surface area contributed by atoms with E-state index in [4.69, 9.17) is 4.74 Å². The lowest BCUT2D eigenvalue weighted by atomic mass is 10.0. The molecule has 0 radical (unpaired) electrons. The highest BCUT2D eigenvalue weighted by Crippen LogP contribution is 2.24. The first-order valence-electron chi connectivity index (χ1n) is 6.95. The topological polar surface area (TPSA) is 27.7 Å². The molecular formula is C15H25N3O. The summed E-state index contributed by atoms with van der Waals surface area (Å²) in [6.07, 6.45) is 0. The molecule has 1 saturated heterocycles. The van der Waals surface area contributed by atoms with Gasteiger partial charge in [0.25, 0.3) is 0 Å². The van der Waals surface area contributed by atoms with E-state index in [0.29, 0.717) is 6.04 Å². The Balaban J connectivity index is 2.14. The zero-order chi connectivity index (χ0) is 13.7. The van der Waals surface area contributed by atoms with Crippen molar-refractivity contribution in [1.29, 1.82) is 0 Å². The summed E-state index contributed by atoms with van der Waals surface area (Å²) in [5.74, 6) is 0.938. The molecule has 2 rings (SSSR count). The predicted molar refractivity (Wildman–Crippen MR) is 78.7 cm³/mol. The number of piperazine rings is 1. The van der Waals surface area contributed by atoms with Gasteiger partial charge in [-0.2, -0.15) is 0 Å². The third kappa shape index (κ3) is 3.69. The summed E-state index contributed by atoms with van der Waals surface area (Å²) in [5, 5.41) is 3.32. The number of nitrogens with one attached hydrogen (secondary N) is 1. The summed E-state index contributed by atoms with van der Waals surface area (Å²) in [5.41, 5.74) is 1.33. The summed E-state index contributed by atoms with van der Waals surface area (Å²) in [7, 11) is 5.93. The molecular weight excluding hydrogens is 238 g/mol. The molecule has 1 atom stereocenters. The molecule has 0 bridgehead atoms. The van der Waals surface area contributed by atoms with E-state index in [1.54, 1.807) is 7.11 Å². The van der Waals surface area contributed by atoms with E-state index in [9.17, 15) is 0 Å². The van der Waals surface area contributed by atoms with E-state index in [-0.39, 0.29) is 0 Å². The molecule has 1 fully saturated rings. The number of benzene rings is 1. The second-order valence-electron chi connectivity index (χ2n) is 5.19. The fraction of sp³-hybridized carbons (Fsp3) is 0.600. The standard InChI is InChI=1S/C15H25N3O/c1-16-12-15(18-9-7-17(2)8-10-18)13-5-4-6-14(11-13)19-3/h4-6,11,15-16H,7-10,12H2,1-3H3. The fourth-order valence-corrected chi connectivity index (χ4v) is 2.63. The van der Waals surface area contributed by atoms with Crippen molar-refractivity contribution >= 4 is 0 Å². The fourth-order valence-electron chi connectivity index (χ4n) is 2.63. The Hall–Kier alpha value is -1.10. The maximum atomic E-state index is 5.34. The monoisotopic (exact) mass is 263 g/mol. The van der Waals surface area contributed by atoms with Crippen LogP contribution in [0.1, 0.15) is 11.6 Å². The number of hydrogen-bond acceptors (Lipinski definition) is 4. The molecule has 0 spiro atoms. The van der Waals surface area contributed by atoms with E-state index in [1.807, 2.05) is 13.1 Å². The lowest BCUT2D eigenvalue weighted by Gasteiger charge is -2.38. The average Bonchev–Trinajstić information content (AvgIpc) is 2.46. The molecule has 4 nitrogen and oxygen atoms in total. The van der Waals surface area contributed by atoms with Gasteiger partial charge in [-0.15, -0.1) is 0 Å². The summed E-state index contributed by atoms with van der Waals surface area (Å²) in [4.78, 5) is 4.95. The van der Waals surface area contributed by atoms with Crippen molar-refractivity contribution in [3.8, 4) is 5.75 Å². The van der Waals surface area contributed by atoms with Crippen LogP contribution in [0.3, 0.4) is 0 Å². The van der Waals surface area contributed by atoms with Gasteiger partial charge >= 0.3 is 0 Å². The SMILES string of the molecule is CNCC(c1cccc(OC)c1)N1CCN(C)CC1. The Morgan fingerprint density at radius 1 is 1.26 bits per heavy atom. The Bertz CT molecular complexity index is 389. The highest BCUT2D eigenvalue weighted by atomic mass is 16.5. The molecule has 4 heteroatoms. The molecule has 1 aliphatic rings. The van der Waals surface area contributed by atoms with E-state index in [2.05, 4.69) is 40.4 Å². The van der Waals surface area contributed by atoms with Crippen LogP contribution in [0.2, 0.25) is 0 Å². The third-order valence-corrected chi connectivity index (χ3v) is 3.85. The van der Waals surface area contributed by atoms with Gasteiger partial charge in [0.05, 0.1) is 7.11 Å². The highest BCUT2D eigenvalue weighted by Gasteiger charge is 2.23. The van der Waals surface area contributed by atoms with Crippen molar-refractivity contribution < 1.29 is 4.74 Å². The number of likely N-dealkylation sites (N-methyl/N-ethyl adjacent to an activating group) is 2. The van der Waals surface area contributed by atoms with Gasteiger partial charge in [-0.3, -0.25) is 4.90 Å². The number of nitrogens with zero attached hydrogens (tertiary/aromatic N) is 2. The number of hydrogen-bond donors (Lipinski definition) is 1. The van der Waals surface area contributed by atoms with Gasteiger partial charge in [-0.1, -0.05) is 12.1 Å². The second-order valence-corrected chi connectivity index (χ2v) is 5.19. The zero-order valence-corrected chi connectivity index (χ0v) is 12.2. The van der Waals surface area contributed by atoms with Crippen molar-refractivity contribution in [3.63, 3.8) is 0 Å². The molecule has 1 heterocycles. The van der Waals surface area contributed by atoms with E-state index in [1.165, 1.54) is 5.56 Å². The van der Waals surface area contributed by atoms with Gasteiger partial charge in [0, 0.05) is 38.8 Å². The van der Waals surface area contributed by atoms with E-state index < -0.39 is 0 Å². The minimum absolute atomic E-state index is 0.425. The van der Waals surface area contributed by atoms with E-state index in [0.717, 1.165) is 38.5 Å². The number of ether oxygens (including phenoxy) is 1. The maximum absolute atomic E-state index is 5.34. The van der Waals surface area contributed by atoms with Crippen LogP contribution in [0.25, 0.3) is 0 Å². The molecule has 1 aromatic rings. The Kier molecular flexibility index (Phi) is 5.19. The molecule has 0 aromatic heterocycles. The van der Waals surface area contributed by atoms with Crippen LogP contribution < -0.4 is 10.1 Å². The van der Waals surface area contributed by atoms with Gasteiger partial charge in [-0.25, -0.2) is 0 Å². The minimum atomic E-state index is 0.425. The summed E-state index contributed by atoms with van der Waals surface area (Å²) in [6, 6.07) is 8.86. The Morgan fingerprint density at radius 3 is 2.63 bits per heavy atom. The molecule has 0 saturated carbocycles. The minimum Gasteiger partial charge on any atom is -0.497 e. The summed E-state index contributed by atoms with van der Waals surface area (Å²) < 4.78 is 5.34. The first-order valence-corrected chi connectivity index (χ1v) is 6.95. The average molecular weight is 263 g/mol. The Morgan fingerprint density at radius 2 is 2.00 bits per heavy atom. The largest absolute Gasteiger partial charge is 0.497 e. The van der Waals surface area contributed by atoms with Gasteiger partial charge in [0.1, 0.15) is 5.75 Å². The van der Waals surface area contributed by atoms with Crippen molar-refractivity contribution in [2.75, 3.05) is 53.9 Å². The van der Waals surface area contributed by atoms with Gasteiger partial charge < -0.3 is 15.0 Å². The van der Waals surface area contributed by atoms with Crippen LogP contribution >= 0.6 is 0 Å². The smallest absolute Gasteiger partial charge is 0.119 e. The normalized spacial score (nSPS) is 19.3. The summed E-state index contributed by atoms with van der Waals surface area (Å²) >= 11 is 0. The van der Waals surface area contributed by atoms with Gasteiger partial charge in [0.2, 0.25) is 0 Å². The van der Waals surface area contributed by atoms with Gasteiger partial charge in [-0.05, 0) is 31.8 Å². The van der Waals surface area contributed by atoms with Crippen LogP contribution in [0.4, 0.5) is 0 Å². The van der Waals surface area contributed by atoms with Crippen LogP contribution in [-0.4, -0.2) is 63.7 Å². The van der Waals surface area contributed by atoms with Gasteiger partial charge in [0.15, 0.2) is 0 Å². The van der Waals surface area contributed by atoms with Crippen LogP contribution in [-0.2, 0) is 0 Å². The van der Waals surface area contributed by atoms with Crippen molar-refractivity contribution in [3.05, 3.63) is 29.8 Å². The molecule has 1 aromatic carbocycles. The molecule has 1 N–H and O–H groups in total. The molecule has 0 amide bonds. The molecule has 0 aliphatic carbocycles. The van der Waals surface area contributed by atoms with Crippen LogP contribution in [0.15, 0.2) is 24.3 Å². The molecule has 106 valence electrons. The predicted octanol–water partition coefficient (Wildman–Crippen LogP) is 1.20.